The van der Waals surface area contributed by atoms with Gasteiger partial charge in [-0.2, -0.15) is 12.6 Å². The Hall–Kier alpha value is -2.25. The highest BCUT2D eigenvalue weighted by Gasteiger charge is 2.21. The Bertz CT molecular complexity index is 1000. The first-order valence-electron chi connectivity index (χ1n) is 8.95. The van der Waals surface area contributed by atoms with Gasteiger partial charge < -0.3 is 15.4 Å². The highest BCUT2D eigenvalue weighted by atomic mass is 79.9. The SMILES string of the molecule is O=C(O)CCc1c(NC(=O)C(CS)Cc2cccc(Br)c2)[nH]c2ccccc12. The Labute approximate surface area is 177 Å². The molecule has 1 amide bonds. The van der Waals surface area contributed by atoms with Crippen LogP contribution < -0.4 is 5.32 Å². The summed E-state index contributed by atoms with van der Waals surface area (Å²) in [5.41, 5.74) is 2.73. The third-order valence-electron chi connectivity index (χ3n) is 4.61. The van der Waals surface area contributed by atoms with Crippen LogP contribution in [-0.2, 0) is 22.4 Å². The Balaban J connectivity index is 1.82. The highest BCUT2D eigenvalue weighted by Crippen LogP contribution is 2.28. The Morgan fingerprint density at radius 3 is 2.68 bits per heavy atom. The lowest BCUT2D eigenvalue weighted by molar-refractivity contribution is -0.136. The topological polar surface area (TPSA) is 82.2 Å². The lowest BCUT2D eigenvalue weighted by Gasteiger charge is -2.15. The number of carbonyl (C=O) groups is 2. The number of hydrogen-bond acceptors (Lipinski definition) is 3. The number of carbonyl (C=O) groups excluding carboxylic acids is 1. The van der Waals surface area contributed by atoms with Gasteiger partial charge in [0.05, 0.1) is 5.92 Å². The fourth-order valence-electron chi connectivity index (χ4n) is 3.21. The van der Waals surface area contributed by atoms with Gasteiger partial charge in [0.15, 0.2) is 0 Å². The van der Waals surface area contributed by atoms with Gasteiger partial charge in [0.2, 0.25) is 5.91 Å². The van der Waals surface area contributed by atoms with Crippen LogP contribution >= 0.6 is 28.6 Å². The number of aromatic nitrogens is 1. The van der Waals surface area contributed by atoms with Gasteiger partial charge in [-0.1, -0.05) is 46.3 Å². The second kappa shape index (κ2) is 9.30. The number of carboxylic acids is 1. The van der Waals surface area contributed by atoms with Crippen LogP contribution in [0.3, 0.4) is 0 Å². The van der Waals surface area contributed by atoms with Crippen molar-refractivity contribution < 1.29 is 14.7 Å². The molecule has 0 fully saturated rings. The molecule has 1 unspecified atom stereocenters. The number of para-hydroxylation sites is 1. The molecule has 1 atom stereocenters. The summed E-state index contributed by atoms with van der Waals surface area (Å²) in [6.45, 7) is 0. The summed E-state index contributed by atoms with van der Waals surface area (Å²) in [5, 5.41) is 12.9. The first kappa shape index (κ1) is 20.5. The maximum absolute atomic E-state index is 12.9. The van der Waals surface area contributed by atoms with Crippen molar-refractivity contribution in [3.05, 3.63) is 64.1 Å². The number of amides is 1. The molecule has 28 heavy (non-hydrogen) atoms. The van der Waals surface area contributed by atoms with Crippen molar-refractivity contribution in [2.45, 2.75) is 19.3 Å². The number of rotatable bonds is 8. The molecule has 3 rings (SSSR count). The number of fused-ring (bicyclic) bond motifs is 1. The maximum atomic E-state index is 12.9. The van der Waals surface area contributed by atoms with E-state index >= 15 is 0 Å². The predicted molar refractivity (Wildman–Crippen MR) is 118 cm³/mol. The Morgan fingerprint density at radius 1 is 1.18 bits per heavy atom. The smallest absolute Gasteiger partial charge is 0.303 e. The molecular formula is C21H21BrN2O3S. The number of nitrogens with one attached hydrogen (secondary N) is 2. The zero-order valence-electron chi connectivity index (χ0n) is 15.1. The quantitative estimate of drug-likeness (QED) is 0.368. The van der Waals surface area contributed by atoms with E-state index in [-0.39, 0.29) is 18.2 Å². The molecule has 0 saturated heterocycles. The van der Waals surface area contributed by atoms with Gasteiger partial charge in [0.25, 0.3) is 0 Å². The summed E-state index contributed by atoms with van der Waals surface area (Å²) in [6, 6.07) is 15.5. The zero-order chi connectivity index (χ0) is 20.1. The van der Waals surface area contributed by atoms with E-state index in [4.69, 9.17) is 5.11 Å². The fourth-order valence-corrected chi connectivity index (χ4v) is 3.95. The third-order valence-corrected chi connectivity index (χ3v) is 5.55. The first-order chi connectivity index (χ1) is 13.5. The molecule has 1 aromatic heterocycles. The lowest BCUT2D eigenvalue weighted by Crippen LogP contribution is -2.26. The predicted octanol–water partition coefficient (Wildman–Crippen LogP) is 4.67. The van der Waals surface area contributed by atoms with E-state index in [0.717, 1.165) is 26.5 Å². The number of aryl methyl sites for hydroxylation is 1. The Morgan fingerprint density at radius 2 is 1.96 bits per heavy atom. The number of hydrogen-bond donors (Lipinski definition) is 4. The van der Waals surface area contributed by atoms with Crippen LogP contribution in [0, 0.1) is 5.92 Å². The minimum Gasteiger partial charge on any atom is -0.481 e. The van der Waals surface area contributed by atoms with Crippen molar-refractivity contribution in [3.63, 3.8) is 0 Å². The van der Waals surface area contributed by atoms with E-state index in [0.29, 0.717) is 24.4 Å². The average Bonchev–Trinajstić information content (AvgIpc) is 3.01. The molecule has 146 valence electrons. The third kappa shape index (κ3) is 4.97. The summed E-state index contributed by atoms with van der Waals surface area (Å²) in [6.07, 6.45) is 0.907. The van der Waals surface area contributed by atoms with E-state index in [1.165, 1.54) is 0 Å². The van der Waals surface area contributed by atoms with Crippen molar-refractivity contribution in [2.75, 3.05) is 11.1 Å². The molecule has 3 N–H and O–H groups in total. The van der Waals surface area contributed by atoms with E-state index in [9.17, 15) is 9.59 Å². The van der Waals surface area contributed by atoms with Crippen LogP contribution in [0.15, 0.2) is 53.0 Å². The van der Waals surface area contributed by atoms with Crippen molar-refractivity contribution >= 4 is 57.2 Å². The molecule has 1 heterocycles. The number of aliphatic carboxylic acids is 1. The largest absolute Gasteiger partial charge is 0.481 e. The lowest BCUT2D eigenvalue weighted by atomic mass is 10.00. The number of anilines is 1. The molecule has 0 bridgehead atoms. The second-order valence-corrected chi connectivity index (χ2v) is 7.90. The van der Waals surface area contributed by atoms with Crippen molar-refractivity contribution in [2.24, 2.45) is 5.92 Å². The average molecular weight is 461 g/mol. The normalized spacial score (nSPS) is 12.1. The summed E-state index contributed by atoms with van der Waals surface area (Å²) in [4.78, 5) is 27.1. The summed E-state index contributed by atoms with van der Waals surface area (Å²) in [5.74, 6) is -0.350. The van der Waals surface area contributed by atoms with Crippen molar-refractivity contribution in [1.82, 2.24) is 4.98 Å². The monoisotopic (exact) mass is 460 g/mol. The van der Waals surface area contributed by atoms with Gasteiger partial charge in [-0.15, -0.1) is 0 Å². The van der Waals surface area contributed by atoms with Gasteiger partial charge in [0, 0.05) is 33.1 Å². The number of carboxylic acid groups (broad SMARTS) is 1. The van der Waals surface area contributed by atoms with Crippen molar-refractivity contribution in [1.29, 1.82) is 0 Å². The number of aromatic amines is 1. The number of thiol groups is 1. The molecular weight excluding hydrogens is 440 g/mol. The number of halogens is 1. The van der Waals surface area contributed by atoms with Crippen LogP contribution in [0.25, 0.3) is 10.9 Å². The first-order valence-corrected chi connectivity index (χ1v) is 10.4. The van der Waals surface area contributed by atoms with Crippen LogP contribution in [0.4, 0.5) is 5.82 Å². The van der Waals surface area contributed by atoms with E-state index in [1.807, 2.05) is 48.5 Å². The van der Waals surface area contributed by atoms with E-state index < -0.39 is 5.97 Å². The van der Waals surface area contributed by atoms with Crippen LogP contribution in [0.1, 0.15) is 17.5 Å². The molecule has 0 aliphatic rings. The van der Waals surface area contributed by atoms with Crippen LogP contribution in [-0.4, -0.2) is 27.7 Å². The zero-order valence-corrected chi connectivity index (χ0v) is 17.6. The summed E-state index contributed by atoms with van der Waals surface area (Å²) in [7, 11) is 0. The van der Waals surface area contributed by atoms with Gasteiger partial charge in [-0.3, -0.25) is 9.59 Å². The maximum Gasteiger partial charge on any atom is 0.303 e. The molecule has 0 aliphatic carbocycles. The van der Waals surface area contributed by atoms with Crippen LogP contribution in [0.5, 0.6) is 0 Å². The number of H-pyrrole nitrogens is 1. The van der Waals surface area contributed by atoms with E-state index in [2.05, 4.69) is 38.9 Å². The summed E-state index contributed by atoms with van der Waals surface area (Å²) >= 11 is 7.81. The van der Waals surface area contributed by atoms with Gasteiger partial charge >= 0.3 is 5.97 Å². The molecule has 0 saturated carbocycles. The molecule has 0 spiro atoms. The standard InChI is InChI=1S/C21H21BrN2O3S/c22-15-5-3-4-13(11-15)10-14(12-28)21(27)24-20-17(8-9-19(25)26)16-6-1-2-7-18(16)23-20/h1-7,11,14,23,28H,8-10,12H2,(H,24,27)(H,25,26). The molecule has 0 aliphatic heterocycles. The molecule has 3 aromatic rings. The molecule has 2 aromatic carbocycles. The molecule has 7 heteroatoms. The van der Waals surface area contributed by atoms with Gasteiger partial charge in [-0.05, 0) is 36.6 Å². The van der Waals surface area contributed by atoms with Gasteiger partial charge in [-0.25, -0.2) is 0 Å². The number of benzene rings is 2. The minimum atomic E-state index is -0.870. The summed E-state index contributed by atoms with van der Waals surface area (Å²) < 4.78 is 0.967. The van der Waals surface area contributed by atoms with Gasteiger partial charge in [0.1, 0.15) is 5.82 Å². The fraction of sp³-hybridized carbons (Fsp3) is 0.238. The molecule has 5 nitrogen and oxygen atoms in total. The highest BCUT2D eigenvalue weighted by molar-refractivity contribution is 9.10. The van der Waals surface area contributed by atoms with Crippen LogP contribution in [0.2, 0.25) is 0 Å². The van der Waals surface area contributed by atoms with Crippen molar-refractivity contribution in [3.8, 4) is 0 Å². The van der Waals surface area contributed by atoms with E-state index in [1.54, 1.807) is 0 Å². The molecule has 0 radical (unpaired) electrons. The Kier molecular flexibility index (Phi) is 6.80. The minimum absolute atomic E-state index is 0.00123. The second-order valence-electron chi connectivity index (χ2n) is 6.62.